The van der Waals surface area contributed by atoms with Gasteiger partial charge in [0.15, 0.2) is 11.5 Å². The molecule has 0 aliphatic rings. The molecule has 0 radical (unpaired) electrons. The number of allylic oxidation sites excluding steroid dienone is 2. The molecule has 1 amide bonds. The molecule has 0 aliphatic heterocycles. The molecule has 0 heterocycles. The maximum atomic E-state index is 12.6. The van der Waals surface area contributed by atoms with Gasteiger partial charge in [-0.3, -0.25) is 4.79 Å². The molecule has 2 N–H and O–H groups in total. The minimum Gasteiger partial charge on any atom is -0.504 e. The van der Waals surface area contributed by atoms with Crippen molar-refractivity contribution in [1.29, 1.82) is 0 Å². The van der Waals surface area contributed by atoms with Crippen LogP contribution in [0.4, 0.5) is 0 Å². The summed E-state index contributed by atoms with van der Waals surface area (Å²) in [5.74, 6) is 0.217. The average Bonchev–Trinajstić information content (AvgIpc) is 2.81. The Balaban J connectivity index is 2.06. The predicted octanol–water partition coefficient (Wildman–Crippen LogP) is 8.05. The van der Waals surface area contributed by atoms with Gasteiger partial charge in [0, 0.05) is 6.04 Å². The van der Waals surface area contributed by atoms with E-state index in [4.69, 9.17) is 4.74 Å². The minimum absolute atomic E-state index is 0.0151. The largest absolute Gasteiger partial charge is 0.504 e. The number of hydrogen-bond acceptors (Lipinski definition) is 3. The van der Waals surface area contributed by atoms with Gasteiger partial charge in [-0.05, 0) is 63.6 Å². The molecule has 2 unspecified atom stereocenters. The summed E-state index contributed by atoms with van der Waals surface area (Å²) < 4.78 is 5.15. The molecule has 4 nitrogen and oxygen atoms in total. The molecule has 0 fully saturated rings. The number of rotatable bonds is 19. The average molecular weight is 460 g/mol. The second-order valence-electron chi connectivity index (χ2n) is 9.44. The molecule has 1 rings (SSSR count). The van der Waals surface area contributed by atoms with Crippen molar-refractivity contribution in [1.82, 2.24) is 5.32 Å². The van der Waals surface area contributed by atoms with Gasteiger partial charge in [0.1, 0.15) is 0 Å². The van der Waals surface area contributed by atoms with Crippen LogP contribution in [0, 0.1) is 0 Å². The monoisotopic (exact) mass is 459 g/mol. The Morgan fingerprint density at radius 1 is 0.939 bits per heavy atom. The highest BCUT2D eigenvalue weighted by atomic mass is 16.5. The molecule has 0 spiro atoms. The highest BCUT2D eigenvalue weighted by Gasteiger charge is 2.18. The van der Waals surface area contributed by atoms with Crippen LogP contribution < -0.4 is 10.1 Å². The quantitative estimate of drug-likeness (QED) is 0.162. The number of methoxy groups -OCH3 is 1. The summed E-state index contributed by atoms with van der Waals surface area (Å²) in [5, 5.41) is 12.9. The normalized spacial score (nSPS) is 13.2. The summed E-state index contributed by atoms with van der Waals surface area (Å²) in [5.41, 5.74) is 0.842. The van der Waals surface area contributed by atoms with Crippen LogP contribution in [0.5, 0.6) is 11.5 Å². The molecule has 4 heteroatoms. The standard InChI is InChI=1S/C29H49NO3/c1-5-6-7-8-9-10-11-12-13-14-15-16-17-18-19-20-24(2)30-29(32)25(3)26-21-22-27(31)28(23-26)33-4/h13-14,21-25,31H,5-12,15-20H2,1-4H3,(H,30,32)/b14-13+. The molecule has 0 saturated carbocycles. The summed E-state index contributed by atoms with van der Waals surface area (Å²) in [7, 11) is 1.51. The number of hydrogen-bond donors (Lipinski definition) is 2. The molecule has 33 heavy (non-hydrogen) atoms. The van der Waals surface area contributed by atoms with Crippen molar-refractivity contribution in [2.24, 2.45) is 0 Å². The molecule has 0 saturated heterocycles. The summed E-state index contributed by atoms with van der Waals surface area (Å²) in [6.45, 7) is 6.23. The highest BCUT2D eigenvalue weighted by Crippen LogP contribution is 2.29. The summed E-state index contributed by atoms with van der Waals surface area (Å²) in [4.78, 5) is 12.6. The Hall–Kier alpha value is -1.97. The van der Waals surface area contributed by atoms with E-state index in [1.54, 1.807) is 18.2 Å². The van der Waals surface area contributed by atoms with Crippen molar-refractivity contribution in [2.45, 2.75) is 123 Å². The summed E-state index contributed by atoms with van der Waals surface area (Å²) in [6, 6.07) is 5.25. The first-order valence-corrected chi connectivity index (χ1v) is 13.3. The molecular formula is C29H49NO3. The fraction of sp³-hybridized carbons (Fsp3) is 0.690. The van der Waals surface area contributed by atoms with Crippen LogP contribution in [-0.4, -0.2) is 24.2 Å². The van der Waals surface area contributed by atoms with Crippen LogP contribution in [0.3, 0.4) is 0 Å². The number of carbonyl (C=O) groups excluding carboxylic acids is 1. The van der Waals surface area contributed by atoms with Crippen LogP contribution in [0.25, 0.3) is 0 Å². The third kappa shape index (κ3) is 13.4. The number of unbranched alkanes of at least 4 members (excludes halogenated alkanes) is 11. The van der Waals surface area contributed by atoms with Crippen molar-refractivity contribution in [3.05, 3.63) is 35.9 Å². The number of aromatic hydroxyl groups is 1. The number of benzene rings is 1. The minimum atomic E-state index is -0.283. The Labute approximate surface area is 203 Å². The number of ether oxygens (including phenoxy) is 1. The van der Waals surface area contributed by atoms with Crippen molar-refractivity contribution in [2.75, 3.05) is 7.11 Å². The van der Waals surface area contributed by atoms with Crippen LogP contribution in [0.1, 0.15) is 122 Å². The Bertz CT molecular complexity index is 671. The zero-order chi connectivity index (χ0) is 24.3. The van der Waals surface area contributed by atoms with Gasteiger partial charge in [-0.1, -0.05) is 82.9 Å². The predicted molar refractivity (Wildman–Crippen MR) is 140 cm³/mol. The van der Waals surface area contributed by atoms with Gasteiger partial charge in [0.05, 0.1) is 13.0 Å². The van der Waals surface area contributed by atoms with E-state index in [0.29, 0.717) is 5.75 Å². The van der Waals surface area contributed by atoms with E-state index in [9.17, 15) is 9.90 Å². The highest BCUT2D eigenvalue weighted by molar-refractivity contribution is 5.83. The van der Waals surface area contributed by atoms with E-state index in [-0.39, 0.29) is 23.6 Å². The smallest absolute Gasteiger partial charge is 0.227 e. The van der Waals surface area contributed by atoms with Gasteiger partial charge >= 0.3 is 0 Å². The zero-order valence-electron chi connectivity index (χ0n) is 21.7. The Kier molecular flexibility index (Phi) is 16.3. The van der Waals surface area contributed by atoms with E-state index in [2.05, 4.69) is 31.3 Å². The first-order valence-electron chi connectivity index (χ1n) is 13.3. The van der Waals surface area contributed by atoms with Crippen LogP contribution in [0.2, 0.25) is 0 Å². The lowest BCUT2D eigenvalue weighted by Gasteiger charge is -2.18. The molecule has 0 bridgehead atoms. The van der Waals surface area contributed by atoms with Crippen LogP contribution >= 0.6 is 0 Å². The third-order valence-corrected chi connectivity index (χ3v) is 6.38. The molecule has 0 aliphatic carbocycles. The van der Waals surface area contributed by atoms with Crippen molar-refractivity contribution < 1.29 is 14.6 Å². The summed E-state index contributed by atoms with van der Waals surface area (Å²) >= 11 is 0. The first kappa shape index (κ1) is 29.1. The molecular weight excluding hydrogens is 410 g/mol. The van der Waals surface area contributed by atoms with E-state index in [1.165, 1.54) is 84.2 Å². The van der Waals surface area contributed by atoms with Gasteiger partial charge in [-0.2, -0.15) is 0 Å². The maximum Gasteiger partial charge on any atom is 0.227 e. The number of carbonyl (C=O) groups is 1. The van der Waals surface area contributed by atoms with E-state index in [0.717, 1.165) is 18.4 Å². The second-order valence-corrected chi connectivity index (χ2v) is 9.44. The SMILES string of the molecule is CCCCCCCCC/C=C/CCCCCCC(C)NC(=O)C(C)c1ccc(O)c(OC)c1. The van der Waals surface area contributed by atoms with Gasteiger partial charge in [0.25, 0.3) is 0 Å². The van der Waals surface area contributed by atoms with Gasteiger partial charge in [-0.15, -0.1) is 0 Å². The lowest BCUT2D eigenvalue weighted by Crippen LogP contribution is -2.35. The third-order valence-electron chi connectivity index (χ3n) is 6.38. The number of amides is 1. The van der Waals surface area contributed by atoms with Crippen molar-refractivity contribution in [3.63, 3.8) is 0 Å². The zero-order valence-corrected chi connectivity index (χ0v) is 21.7. The van der Waals surface area contributed by atoms with Gasteiger partial charge < -0.3 is 15.2 Å². The Morgan fingerprint density at radius 2 is 1.52 bits per heavy atom. The topological polar surface area (TPSA) is 58.6 Å². The van der Waals surface area contributed by atoms with Gasteiger partial charge in [0.2, 0.25) is 5.91 Å². The molecule has 188 valence electrons. The lowest BCUT2D eigenvalue weighted by atomic mass is 9.99. The van der Waals surface area contributed by atoms with Crippen molar-refractivity contribution in [3.8, 4) is 11.5 Å². The molecule has 1 aromatic carbocycles. The number of nitrogens with one attached hydrogen (secondary N) is 1. The van der Waals surface area contributed by atoms with Crippen molar-refractivity contribution >= 4 is 5.91 Å². The van der Waals surface area contributed by atoms with Crippen LogP contribution in [-0.2, 0) is 4.79 Å². The fourth-order valence-corrected chi connectivity index (χ4v) is 4.08. The molecule has 0 aromatic heterocycles. The number of phenols is 1. The fourth-order valence-electron chi connectivity index (χ4n) is 4.08. The van der Waals surface area contributed by atoms with E-state index in [1.807, 2.05) is 6.92 Å². The van der Waals surface area contributed by atoms with E-state index < -0.39 is 0 Å². The van der Waals surface area contributed by atoms with E-state index >= 15 is 0 Å². The molecule has 1 aromatic rings. The second kappa shape index (κ2) is 18.5. The van der Waals surface area contributed by atoms with Gasteiger partial charge in [-0.25, -0.2) is 0 Å². The lowest BCUT2D eigenvalue weighted by molar-refractivity contribution is -0.122. The number of phenolic OH excluding ortho intramolecular Hbond substituents is 1. The maximum absolute atomic E-state index is 12.6. The Morgan fingerprint density at radius 3 is 2.12 bits per heavy atom. The summed E-state index contributed by atoms with van der Waals surface area (Å²) in [6.07, 6.45) is 22.7. The first-order chi connectivity index (χ1) is 16.0. The van der Waals surface area contributed by atoms with Crippen LogP contribution in [0.15, 0.2) is 30.4 Å². The molecule has 2 atom stereocenters.